The number of hydrogen-bond donors (Lipinski definition) is 0. The first-order chi connectivity index (χ1) is 15.9. The minimum atomic E-state index is -3.60. The second-order valence-electron chi connectivity index (χ2n) is 7.59. The molecule has 176 valence electrons. The molecule has 1 saturated heterocycles. The van der Waals surface area contributed by atoms with Gasteiger partial charge in [0.2, 0.25) is 0 Å². The Morgan fingerprint density at radius 1 is 1.18 bits per heavy atom. The Morgan fingerprint density at radius 3 is 2.58 bits per heavy atom. The number of thiazole rings is 1. The van der Waals surface area contributed by atoms with Gasteiger partial charge in [-0.3, -0.25) is 9.69 Å². The van der Waals surface area contributed by atoms with Crippen molar-refractivity contribution in [2.75, 3.05) is 38.0 Å². The Hall–Kier alpha value is -2.69. The highest BCUT2D eigenvalue weighted by molar-refractivity contribution is 7.91. The van der Waals surface area contributed by atoms with Crippen LogP contribution in [-0.4, -0.2) is 58.5 Å². The number of methoxy groups -OCH3 is 2. The van der Waals surface area contributed by atoms with E-state index < -0.39 is 15.7 Å². The molecule has 8 nitrogen and oxygen atoms in total. The van der Waals surface area contributed by atoms with Crippen molar-refractivity contribution in [3.05, 3.63) is 42.0 Å². The minimum absolute atomic E-state index is 0.0195. The fourth-order valence-corrected chi connectivity index (χ4v) is 6.01. The number of hydrogen-bond acceptors (Lipinski definition) is 8. The number of carbonyl (C=O) groups excluding carboxylic acids is 1. The number of nitrogens with zero attached hydrogens (tertiary/aromatic N) is 2. The lowest BCUT2D eigenvalue weighted by molar-refractivity contribution is 0.0915. The second kappa shape index (κ2) is 9.66. The summed E-state index contributed by atoms with van der Waals surface area (Å²) in [6.07, 6.45) is 1.57. The van der Waals surface area contributed by atoms with Crippen LogP contribution in [0.2, 0.25) is 0 Å². The average Bonchev–Trinajstić information content (AvgIpc) is 3.51. The van der Waals surface area contributed by atoms with Gasteiger partial charge < -0.3 is 14.2 Å². The molecule has 0 radical (unpaired) electrons. The van der Waals surface area contributed by atoms with Crippen molar-refractivity contribution in [3.8, 4) is 11.5 Å². The number of sulfone groups is 1. The molecule has 0 aliphatic carbocycles. The van der Waals surface area contributed by atoms with Gasteiger partial charge in [0.1, 0.15) is 21.7 Å². The number of carbonyl (C=O) groups is 1. The fraction of sp³-hybridized carbons (Fsp3) is 0.391. The van der Waals surface area contributed by atoms with Crippen molar-refractivity contribution >= 4 is 42.4 Å². The number of anilines is 1. The van der Waals surface area contributed by atoms with Gasteiger partial charge in [0.15, 0.2) is 15.0 Å². The molecule has 1 aromatic heterocycles. The van der Waals surface area contributed by atoms with Crippen LogP contribution in [0.5, 0.6) is 11.5 Å². The fourth-order valence-electron chi connectivity index (χ4n) is 3.85. The van der Waals surface area contributed by atoms with Crippen LogP contribution in [0.1, 0.15) is 30.1 Å². The first-order valence-electron chi connectivity index (χ1n) is 10.7. The Labute approximate surface area is 197 Å². The molecule has 3 aromatic rings. The first-order valence-corrected chi connectivity index (χ1v) is 13.1. The molecule has 1 aliphatic rings. The topological polar surface area (TPSA) is 95.0 Å². The van der Waals surface area contributed by atoms with Gasteiger partial charge in [-0.05, 0) is 37.1 Å². The molecule has 4 rings (SSSR count). The summed E-state index contributed by atoms with van der Waals surface area (Å²) in [5.41, 5.74) is 0.701. The van der Waals surface area contributed by atoms with Crippen LogP contribution in [0.15, 0.2) is 41.3 Å². The molecular formula is C23H26N2O6S2. The Kier molecular flexibility index (Phi) is 6.87. The molecule has 1 aliphatic heterocycles. The van der Waals surface area contributed by atoms with Crippen LogP contribution in [0, 0.1) is 0 Å². The van der Waals surface area contributed by atoms with Gasteiger partial charge in [0, 0.05) is 6.61 Å². The van der Waals surface area contributed by atoms with Gasteiger partial charge >= 0.3 is 0 Å². The zero-order chi connectivity index (χ0) is 23.6. The molecule has 0 N–H and O–H groups in total. The summed E-state index contributed by atoms with van der Waals surface area (Å²) in [7, 11) is -0.470. The minimum Gasteiger partial charge on any atom is -0.495 e. The SMILES string of the molecule is CCS(=O)(=O)c1ccccc1C(=O)N(CC1CCCO1)c1nc2c(OC)ccc(OC)c2s1. The predicted octanol–water partition coefficient (Wildman–Crippen LogP) is 3.93. The maximum Gasteiger partial charge on any atom is 0.261 e. The van der Waals surface area contributed by atoms with Gasteiger partial charge in [-0.15, -0.1) is 0 Å². The van der Waals surface area contributed by atoms with Crippen molar-refractivity contribution in [1.29, 1.82) is 0 Å². The normalized spacial score (nSPS) is 16.2. The lowest BCUT2D eigenvalue weighted by atomic mass is 10.1. The van der Waals surface area contributed by atoms with Crippen molar-refractivity contribution < 1.29 is 27.4 Å². The quantitative estimate of drug-likeness (QED) is 0.472. The lowest BCUT2D eigenvalue weighted by Crippen LogP contribution is -2.38. The third-order valence-electron chi connectivity index (χ3n) is 5.62. The van der Waals surface area contributed by atoms with Gasteiger partial charge in [0.05, 0.1) is 43.1 Å². The third kappa shape index (κ3) is 4.55. The second-order valence-corrected chi connectivity index (χ2v) is 10.8. The van der Waals surface area contributed by atoms with E-state index in [1.165, 1.54) is 22.3 Å². The van der Waals surface area contributed by atoms with Gasteiger partial charge in [-0.25, -0.2) is 13.4 Å². The summed E-state index contributed by atoms with van der Waals surface area (Å²) in [5.74, 6) is 0.647. The Bertz CT molecular complexity index is 1220. The monoisotopic (exact) mass is 490 g/mol. The lowest BCUT2D eigenvalue weighted by Gasteiger charge is -2.24. The number of ether oxygens (including phenoxy) is 3. The van der Waals surface area contributed by atoms with E-state index in [1.54, 1.807) is 51.5 Å². The number of aromatic nitrogens is 1. The third-order valence-corrected chi connectivity index (χ3v) is 8.50. The smallest absolute Gasteiger partial charge is 0.261 e. The molecule has 1 unspecified atom stereocenters. The summed E-state index contributed by atoms with van der Waals surface area (Å²) in [4.78, 5) is 20.1. The predicted molar refractivity (Wildman–Crippen MR) is 128 cm³/mol. The first kappa shape index (κ1) is 23.5. The van der Waals surface area contributed by atoms with E-state index in [4.69, 9.17) is 19.2 Å². The van der Waals surface area contributed by atoms with E-state index in [0.717, 1.165) is 17.5 Å². The molecule has 1 fully saturated rings. The summed E-state index contributed by atoms with van der Waals surface area (Å²) in [5, 5.41) is 0.428. The molecule has 33 heavy (non-hydrogen) atoms. The number of fused-ring (bicyclic) bond motifs is 1. The molecule has 2 aromatic carbocycles. The number of benzene rings is 2. The van der Waals surface area contributed by atoms with Crippen molar-refractivity contribution in [3.63, 3.8) is 0 Å². The molecule has 1 atom stereocenters. The highest BCUT2D eigenvalue weighted by atomic mass is 32.2. The summed E-state index contributed by atoms with van der Waals surface area (Å²) in [6.45, 7) is 2.46. The van der Waals surface area contributed by atoms with Crippen LogP contribution in [0.3, 0.4) is 0 Å². The Balaban J connectivity index is 1.84. The van der Waals surface area contributed by atoms with Crippen LogP contribution < -0.4 is 14.4 Å². The average molecular weight is 491 g/mol. The van der Waals surface area contributed by atoms with Crippen LogP contribution in [0.4, 0.5) is 5.13 Å². The summed E-state index contributed by atoms with van der Waals surface area (Å²) < 4.78 is 42.9. The van der Waals surface area contributed by atoms with E-state index in [9.17, 15) is 13.2 Å². The van der Waals surface area contributed by atoms with Crippen LogP contribution in [-0.2, 0) is 14.6 Å². The van der Waals surface area contributed by atoms with E-state index >= 15 is 0 Å². The van der Waals surface area contributed by atoms with Crippen LogP contribution in [0.25, 0.3) is 10.2 Å². The van der Waals surface area contributed by atoms with Crippen LogP contribution >= 0.6 is 11.3 Å². The van der Waals surface area contributed by atoms with E-state index in [-0.39, 0.29) is 28.9 Å². The van der Waals surface area contributed by atoms with E-state index in [0.29, 0.717) is 28.8 Å². The van der Waals surface area contributed by atoms with Gasteiger partial charge in [-0.2, -0.15) is 0 Å². The number of rotatable bonds is 8. The molecule has 0 bridgehead atoms. The number of amides is 1. The largest absolute Gasteiger partial charge is 0.495 e. The maximum absolute atomic E-state index is 13.8. The standard InChI is InChI=1S/C23H26N2O6S2/c1-4-33(27,28)19-10-6-5-9-16(19)22(26)25(14-15-8-7-13-31-15)23-24-20-17(29-2)11-12-18(30-3)21(20)32-23/h5-6,9-12,15H,4,7-8,13-14H2,1-3H3. The zero-order valence-electron chi connectivity index (χ0n) is 18.7. The molecule has 1 amide bonds. The maximum atomic E-state index is 13.8. The zero-order valence-corrected chi connectivity index (χ0v) is 20.4. The molecule has 10 heteroatoms. The van der Waals surface area contributed by atoms with Gasteiger partial charge in [-0.1, -0.05) is 30.4 Å². The van der Waals surface area contributed by atoms with Crippen molar-refractivity contribution in [2.45, 2.75) is 30.8 Å². The van der Waals surface area contributed by atoms with E-state index in [1.807, 2.05) is 0 Å². The van der Waals surface area contributed by atoms with Crippen molar-refractivity contribution in [2.24, 2.45) is 0 Å². The molecule has 0 saturated carbocycles. The summed E-state index contributed by atoms with van der Waals surface area (Å²) in [6, 6.07) is 9.86. The van der Waals surface area contributed by atoms with Crippen molar-refractivity contribution in [1.82, 2.24) is 4.98 Å². The Morgan fingerprint density at radius 2 is 1.91 bits per heavy atom. The molecular weight excluding hydrogens is 464 g/mol. The highest BCUT2D eigenvalue weighted by Crippen LogP contribution is 2.41. The highest BCUT2D eigenvalue weighted by Gasteiger charge is 2.31. The van der Waals surface area contributed by atoms with Gasteiger partial charge in [0.25, 0.3) is 5.91 Å². The van der Waals surface area contributed by atoms with E-state index in [2.05, 4.69) is 0 Å². The summed E-state index contributed by atoms with van der Waals surface area (Å²) >= 11 is 1.30. The molecule has 2 heterocycles. The molecule has 0 spiro atoms.